The minimum Gasteiger partial charge on any atom is -0.475 e. The fourth-order valence-corrected chi connectivity index (χ4v) is 2.67. The first-order valence-corrected chi connectivity index (χ1v) is 9.79. The number of pyridine rings is 1. The quantitative estimate of drug-likeness (QED) is 0.467. The van der Waals surface area contributed by atoms with Gasteiger partial charge in [0.15, 0.2) is 5.96 Å². The van der Waals surface area contributed by atoms with E-state index in [1.807, 2.05) is 32.2 Å². The highest BCUT2D eigenvalue weighted by molar-refractivity contribution is 5.79. The van der Waals surface area contributed by atoms with Crippen LogP contribution in [-0.4, -0.2) is 54.7 Å². The van der Waals surface area contributed by atoms with Gasteiger partial charge in [-0.2, -0.15) is 0 Å². The van der Waals surface area contributed by atoms with Crippen molar-refractivity contribution >= 4 is 5.96 Å². The Kier molecular flexibility index (Phi) is 10.7. The lowest BCUT2D eigenvalue weighted by molar-refractivity contribution is 0.232. The van der Waals surface area contributed by atoms with Crippen LogP contribution in [-0.2, 0) is 6.54 Å². The molecule has 0 saturated heterocycles. The van der Waals surface area contributed by atoms with Gasteiger partial charge in [0, 0.05) is 31.9 Å². The molecule has 0 amide bonds. The predicted octanol–water partition coefficient (Wildman–Crippen LogP) is 3.04. The number of rotatable bonds is 11. The van der Waals surface area contributed by atoms with Gasteiger partial charge in [0.05, 0.1) is 6.10 Å². The van der Waals surface area contributed by atoms with Crippen molar-refractivity contribution in [2.75, 3.05) is 26.7 Å². The van der Waals surface area contributed by atoms with Gasteiger partial charge in [-0.3, -0.25) is 4.99 Å². The molecular weight excluding hydrogens is 326 g/mol. The van der Waals surface area contributed by atoms with Gasteiger partial charge in [-0.1, -0.05) is 19.9 Å². The number of nitrogens with one attached hydrogen (secondary N) is 2. The first kappa shape index (κ1) is 22.2. The second-order valence-electron chi connectivity index (χ2n) is 6.81. The zero-order chi connectivity index (χ0) is 19.4. The van der Waals surface area contributed by atoms with Crippen molar-refractivity contribution in [2.45, 2.75) is 66.2 Å². The van der Waals surface area contributed by atoms with E-state index in [9.17, 15) is 0 Å². The summed E-state index contributed by atoms with van der Waals surface area (Å²) in [5.74, 6) is 1.48. The molecule has 6 heteroatoms. The summed E-state index contributed by atoms with van der Waals surface area (Å²) in [6.07, 6.45) is 4.29. The summed E-state index contributed by atoms with van der Waals surface area (Å²) >= 11 is 0. The summed E-state index contributed by atoms with van der Waals surface area (Å²) < 4.78 is 5.57. The average Bonchev–Trinajstić information content (AvgIpc) is 2.63. The van der Waals surface area contributed by atoms with Crippen molar-refractivity contribution in [3.05, 3.63) is 23.9 Å². The lowest BCUT2D eigenvalue weighted by Gasteiger charge is -2.21. The third-order valence-corrected chi connectivity index (χ3v) is 4.23. The van der Waals surface area contributed by atoms with Crippen LogP contribution < -0.4 is 15.4 Å². The van der Waals surface area contributed by atoms with Crippen molar-refractivity contribution in [3.8, 4) is 5.88 Å². The van der Waals surface area contributed by atoms with Gasteiger partial charge in [0.2, 0.25) is 5.88 Å². The minimum atomic E-state index is 0.137. The molecule has 2 N–H and O–H groups in total. The molecule has 0 aliphatic rings. The first-order chi connectivity index (χ1) is 12.5. The molecule has 0 fully saturated rings. The summed E-state index contributed by atoms with van der Waals surface area (Å²) in [6, 6.07) is 4.32. The summed E-state index contributed by atoms with van der Waals surface area (Å²) in [5.41, 5.74) is 1.10. The van der Waals surface area contributed by atoms with E-state index in [2.05, 4.69) is 46.3 Å². The zero-order valence-corrected chi connectivity index (χ0v) is 17.4. The van der Waals surface area contributed by atoms with Gasteiger partial charge in [0.25, 0.3) is 0 Å². The number of nitrogens with zero attached hydrogens (tertiary/aromatic N) is 3. The predicted molar refractivity (Wildman–Crippen MR) is 110 cm³/mol. The van der Waals surface area contributed by atoms with Gasteiger partial charge in [-0.05, 0) is 58.8 Å². The highest BCUT2D eigenvalue weighted by atomic mass is 16.5. The van der Waals surface area contributed by atoms with Crippen LogP contribution in [0.4, 0.5) is 0 Å². The van der Waals surface area contributed by atoms with Crippen LogP contribution in [0.25, 0.3) is 0 Å². The smallest absolute Gasteiger partial charge is 0.213 e. The number of aliphatic imine (C=N–C) groups is 1. The van der Waals surface area contributed by atoms with Crippen molar-refractivity contribution < 1.29 is 4.74 Å². The molecule has 0 spiro atoms. The molecule has 148 valence electrons. The Bertz CT molecular complexity index is 511. The number of hydrogen-bond acceptors (Lipinski definition) is 4. The van der Waals surface area contributed by atoms with Crippen LogP contribution in [0.3, 0.4) is 0 Å². The normalized spacial score (nSPS) is 13.2. The van der Waals surface area contributed by atoms with E-state index in [1.165, 1.54) is 6.42 Å². The van der Waals surface area contributed by atoms with E-state index in [-0.39, 0.29) is 6.10 Å². The van der Waals surface area contributed by atoms with Crippen LogP contribution in [0.1, 0.15) is 53.0 Å². The molecule has 0 radical (unpaired) electrons. The van der Waals surface area contributed by atoms with E-state index in [0.717, 1.165) is 37.6 Å². The molecule has 1 heterocycles. The molecule has 26 heavy (non-hydrogen) atoms. The largest absolute Gasteiger partial charge is 0.475 e. The summed E-state index contributed by atoms with van der Waals surface area (Å²) in [4.78, 5) is 11.1. The number of aromatic nitrogens is 1. The van der Waals surface area contributed by atoms with Crippen molar-refractivity contribution in [1.29, 1.82) is 0 Å². The molecule has 1 atom stereocenters. The molecule has 6 nitrogen and oxygen atoms in total. The lowest BCUT2D eigenvalue weighted by Crippen LogP contribution is -2.42. The topological polar surface area (TPSA) is 61.8 Å². The Morgan fingerprint density at radius 3 is 2.50 bits per heavy atom. The summed E-state index contributed by atoms with van der Waals surface area (Å²) in [7, 11) is 1.80. The third kappa shape index (κ3) is 9.04. The van der Waals surface area contributed by atoms with E-state index < -0.39 is 0 Å². The van der Waals surface area contributed by atoms with E-state index in [0.29, 0.717) is 18.5 Å². The number of hydrogen-bond donors (Lipinski definition) is 2. The number of ether oxygens (including phenoxy) is 1. The van der Waals surface area contributed by atoms with Crippen molar-refractivity contribution in [3.63, 3.8) is 0 Å². The molecule has 0 bridgehead atoms. The monoisotopic (exact) mass is 363 g/mol. The Hall–Kier alpha value is -1.82. The molecule has 0 aliphatic carbocycles. The second-order valence-corrected chi connectivity index (χ2v) is 6.81. The van der Waals surface area contributed by atoms with Gasteiger partial charge >= 0.3 is 0 Å². The van der Waals surface area contributed by atoms with Crippen molar-refractivity contribution in [2.24, 2.45) is 4.99 Å². The SMILES string of the molecule is CCN(CC)CCCC(C)NC(=NC)NCc1ccc(OC(C)C)nc1. The van der Waals surface area contributed by atoms with Crippen LogP contribution in [0.15, 0.2) is 23.3 Å². The Morgan fingerprint density at radius 1 is 1.23 bits per heavy atom. The maximum Gasteiger partial charge on any atom is 0.213 e. The fourth-order valence-electron chi connectivity index (χ4n) is 2.67. The van der Waals surface area contributed by atoms with Gasteiger partial charge in [0.1, 0.15) is 0 Å². The Labute approximate surface area is 159 Å². The molecule has 1 aromatic heterocycles. The highest BCUT2D eigenvalue weighted by Crippen LogP contribution is 2.09. The fraction of sp³-hybridized carbons (Fsp3) is 0.700. The second kappa shape index (κ2) is 12.5. The van der Waals surface area contributed by atoms with E-state index >= 15 is 0 Å². The van der Waals surface area contributed by atoms with E-state index in [1.54, 1.807) is 7.05 Å². The first-order valence-electron chi connectivity index (χ1n) is 9.79. The molecule has 0 aliphatic heterocycles. The maximum absolute atomic E-state index is 5.57. The van der Waals surface area contributed by atoms with E-state index in [4.69, 9.17) is 4.74 Å². The van der Waals surface area contributed by atoms with Gasteiger partial charge in [-0.25, -0.2) is 4.98 Å². The maximum atomic E-state index is 5.57. The zero-order valence-electron chi connectivity index (χ0n) is 17.4. The Balaban J connectivity index is 2.35. The van der Waals surface area contributed by atoms with Crippen molar-refractivity contribution in [1.82, 2.24) is 20.5 Å². The van der Waals surface area contributed by atoms with Crippen LogP contribution >= 0.6 is 0 Å². The molecular formula is C20H37N5O. The third-order valence-electron chi connectivity index (χ3n) is 4.23. The lowest BCUT2D eigenvalue weighted by atomic mass is 10.2. The Morgan fingerprint density at radius 2 is 1.96 bits per heavy atom. The standard InChI is InChI=1S/C20H37N5O/c1-7-25(8-2)13-9-10-17(5)24-20(21-6)23-15-18-11-12-19(22-14-18)26-16(3)4/h11-12,14,16-17H,7-10,13,15H2,1-6H3,(H2,21,23,24). The average molecular weight is 364 g/mol. The molecule has 0 saturated carbocycles. The summed E-state index contributed by atoms with van der Waals surface area (Å²) in [5, 5.41) is 6.81. The molecule has 0 aromatic carbocycles. The molecule has 1 aromatic rings. The highest BCUT2D eigenvalue weighted by Gasteiger charge is 2.07. The van der Waals surface area contributed by atoms with Crippen LogP contribution in [0, 0.1) is 0 Å². The van der Waals surface area contributed by atoms with Gasteiger partial charge < -0.3 is 20.3 Å². The molecule has 1 rings (SSSR count). The minimum absolute atomic E-state index is 0.137. The number of guanidine groups is 1. The van der Waals surface area contributed by atoms with Gasteiger partial charge in [-0.15, -0.1) is 0 Å². The van der Waals surface area contributed by atoms with Crippen LogP contribution in [0.5, 0.6) is 5.88 Å². The van der Waals surface area contributed by atoms with Crippen LogP contribution in [0.2, 0.25) is 0 Å². The molecule has 1 unspecified atom stereocenters. The summed E-state index contributed by atoms with van der Waals surface area (Å²) in [6.45, 7) is 14.7.